The number of hydrogen-bond acceptors (Lipinski definition) is 3. The highest BCUT2D eigenvalue weighted by Crippen LogP contribution is 2.30. The highest BCUT2D eigenvalue weighted by molar-refractivity contribution is 5.79. The summed E-state index contributed by atoms with van der Waals surface area (Å²) in [4.78, 5) is 4.70. The number of furan rings is 1. The Labute approximate surface area is 166 Å². The molecule has 0 fully saturated rings. The molecule has 0 radical (unpaired) electrons. The predicted molar refractivity (Wildman–Crippen MR) is 106 cm³/mol. The van der Waals surface area contributed by atoms with Gasteiger partial charge in [-0.3, -0.25) is 0 Å². The van der Waals surface area contributed by atoms with Gasteiger partial charge in [-0.15, -0.1) is 0 Å². The Morgan fingerprint density at radius 1 is 1.03 bits per heavy atom. The van der Waals surface area contributed by atoms with E-state index in [4.69, 9.17) is 9.40 Å². The number of nitrogens with zero attached hydrogens (tertiary/aromatic N) is 2. The van der Waals surface area contributed by atoms with Crippen LogP contribution in [0.5, 0.6) is 0 Å². The number of hydrogen-bond donors (Lipinski definition) is 1. The normalized spacial score (nSPS) is 11.9. The van der Waals surface area contributed by atoms with Gasteiger partial charge in [-0.2, -0.15) is 13.2 Å². The summed E-state index contributed by atoms with van der Waals surface area (Å²) in [7, 11) is 0. The van der Waals surface area contributed by atoms with E-state index in [9.17, 15) is 13.2 Å². The zero-order chi connectivity index (χ0) is 20.4. The van der Waals surface area contributed by atoms with Crippen LogP contribution < -0.4 is 5.32 Å². The average Bonchev–Trinajstić information content (AvgIpc) is 3.34. The molecule has 29 heavy (non-hydrogen) atoms. The van der Waals surface area contributed by atoms with Gasteiger partial charge < -0.3 is 14.3 Å². The molecule has 2 aromatic heterocycles. The van der Waals surface area contributed by atoms with E-state index in [1.165, 1.54) is 17.7 Å². The van der Waals surface area contributed by atoms with Crippen molar-refractivity contribution >= 4 is 17.0 Å². The molecule has 0 aliphatic rings. The molecule has 2 aromatic carbocycles. The van der Waals surface area contributed by atoms with Crippen molar-refractivity contribution in [2.75, 3.05) is 5.32 Å². The summed E-state index contributed by atoms with van der Waals surface area (Å²) in [5.41, 5.74) is 3.05. The summed E-state index contributed by atoms with van der Waals surface area (Å²) >= 11 is 0. The van der Waals surface area contributed by atoms with Crippen molar-refractivity contribution in [3.05, 3.63) is 83.3 Å². The number of imidazole rings is 1. The van der Waals surface area contributed by atoms with E-state index in [-0.39, 0.29) is 0 Å². The van der Waals surface area contributed by atoms with Crippen LogP contribution in [-0.4, -0.2) is 9.55 Å². The smallest absolute Gasteiger partial charge is 0.416 e. The quantitative estimate of drug-likeness (QED) is 0.441. The first-order chi connectivity index (χ1) is 13.9. The van der Waals surface area contributed by atoms with Crippen LogP contribution in [0.4, 0.5) is 19.1 Å². The third kappa shape index (κ3) is 4.13. The van der Waals surface area contributed by atoms with Crippen LogP contribution in [0.2, 0.25) is 0 Å². The van der Waals surface area contributed by atoms with Crippen LogP contribution in [0.15, 0.2) is 65.3 Å². The third-order valence-electron chi connectivity index (χ3n) is 4.84. The molecule has 0 saturated carbocycles. The molecular formula is C22H20F3N3O. The molecule has 4 aromatic rings. The number of benzene rings is 2. The van der Waals surface area contributed by atoms with E-state index in [1.807, 2.05) is 34.9 Å². The topological polar surface area (TPSA) is 43.0 Å². The number of anilines is 1. The number of alkyl halides is 3. The summed E-state index contributed by atoms with van der Waals surface area (Å²) in [5.74, 6) is 1.41. The van der Waals surface area contributed by atoms with E-state index in [2.05, 4.69) is 12.2 Å². The van der Waals surface area contributed by atoms with Crippen LogP contribution in [0, 0.1) is 0 Å². The van der Waals surface area contributed by atoms with Crippen LogP contribution >= 0.6 is 0 Å². The molecule has 4 rings (SSSR count). The van der Waals surface area contributed by atoms with E-state index in [0.29, 0.717) is 19.0 Å². The number of aryl methyl sites for hydroxylation is 1. The standard InChI is InChI=1S/C22H20F3N3O/c1-2-15-7-10-20-19(12-15)27-21(26-13-18-4-3-11-29-18)28(20)14-16-5-8-17(9-6-16)22(23,24)25/h3-12H,2,13-14H2,1H3,(H,26,27). The zero-order valence-corrected chi connectivity index (χ0v) is 15.8. The van der Waals surface area contributed by atoms with Crippen molar-refractivity contribution in [3.63, 3.8) is 0 Å². The molecule has 1 N–H and O–H groups in total. The first-order valence-corrected chi connectivity index (χ1v) is 9.35. The van der Waals surface area contributed by atoms with Gasteiger partial charge in [-0.25, -0.2) is 4.98 Å². The van der Waals surface area contributed by atoms with E-state index >= 15 is 0 Å². The van der Waals surface area contributed by atoms with Gasteiger partial charge in [0.05, 0.1) is 35.9 Å². The fourth-order valence-corrected chi connectivity index (χ4v) is 3.25. The first-order valence-electron chi connectivity index (χ1n) is 9.35. The molecular weight excluding hydrogens is 379 g/mol. The van der Waals surface area contributed by atoms with E-state index < -0.39 is 11.7 Å². The predicted octanol–water partition coefficient (Wildman–Crippen LogP) is 5.87. The molecule has 0 bridgehead atoms. The molecule has 0 aliphatic carbocycles. The second-order valence-corrected chi connectivity index (χ2v) is 6.83. The van der Waals surface area contributed by atoms with Gasteiger partial charge in [0, 0.05) is 0 Å². The summed E-state index contributed by atoms with van der Waals surface area (Å²) in [5, 5.41) is 3.28. The van der Waals surface area contributed by atoms with Crippen LogP contribution in [-0.2, 0) is 25.7 Å². The number of aromatic nitrogens is 2. The maximum atomic E-state index is 12.8. The summed E-state index contributed by atoms with van der Waals surface area (Å²) in [6.45, 7) is 2.95. The number of nitrogens with one attached hydrogen (secondary N) is 1. The second-order valence-electron chi connectivity index (χ2n) is 6.83. The highest BCUT2D eigenvalue weighted by Gasteiger charge is 2.30. The molecule has 150 valence electrons. The SMILES string of the molecule is CCc1ccc2c(c1)nc(NCc1ccco1)n2Cc1ccc(C(F)(F)F)cc1. The van der Waals surface area contributed by atoms with Gasteiger partial charge in [0.25, 0.3) is 0 Å². The van der Waals surface area contributed by atoms with E-state index in [0.717, 1.165) is 40.9 Å². The lowest BCUT2D eigenvalue weighted by atomic mass is 10.1. The summed E-state index contributed by atoms with van der Waals surface area (Å²) < 4.78 is 45.9. The zero-order valence-electron chi connectivity index (χ0n) is 15.8. The Bertz CT molecular complexity index is 1100. The van der Waals surface area contributed by atoms with Gasteiger partial charge in [0.1, 0.15) is 5.76 Å². The minimum Gasteiger partial charge on any atom is -0.467 e. The van der Waals surface area contributed by atoms with Gasteiger partial charge >= 0.3 is 6.18 Å². The maximum absolute atomic E-state index is 12.8. The molecule has 0 aliphatic heterocycles. The largest absolute Gasteiger partial charge is 0.467 e. The van der Waals surface area contributed by atoms with Gasteiger partial charge in [-0.05, 0) is 53.9 Å². The van der Waals surface area contributed by atoms with Crippen molar-refractivity contribution in [3.8, 4) is 0 Å². The van der Waals surface area contributed by atoms with E-state index in [1.54, 1.807) is 6.26 Å². The number of rotatable bonds is 6. The Morgan fingerprint density at radius 3 is 2.45 bits per heavy atom. The summed E-state index contributed by atoms with van der Waals surface area (Å²) in [6, 6.07) is 15.0. The van der Waals surface area contributed by atoms with Crippen molar-refractivity contribution in [1.29, 1.82) is 0 Å². The molecule has 2 heterocycles. The van der Waals surface area contributed by atoms with Crippen LogP contribution in [0.1, 0.15) is 29.4 Å². The number of fused-ring (bicyclic) bond motifs is 1. The number of halogens is 3. The Balaban J connectivity index is 1.67. The Kier molecular flexibility index (Phi) is 5.05. The fourth-order valence-electron chi connectivity index (χ4n) is 3.25. The highest BCUT2D eigenvalue weighted by atomic mass is 19.4. The molecule has 7 heteroatoms. The minimum atomic E-state index is -4.34. The van der Waals surface area contributed by atoms with Gasteiger partial charge in [0.15, 0.2) is 0 Å². The minimum absolute atomic E-state index is 0.403. The molecule has 0 spiro atoms. The third-order valence-corrected chi connectivity index (χ3v) is 4.84. The van der Waals surface area contributed by atoms with Crippen molar-refractivity contribution < 1.29 is 17.6 Å². The van der Waals surface area contributed by atoms with Crippen molar-refractivity contribution in [2.45, 2.75) is 32.6 Å². The van der Waals surface area contributed by atoms with Crippen molar-refractivity contribution in [2.24, 2.45) is 0 Å². The molecule has 4 nitrogen and oxygen atoms in total. The maximum Gasteiger partial charge on any atom is 0.416 e. The van der Waals surface area contributed by atoms with Gasteiger partial charge in [0.2, 0.25) is 5.95 Å². The Hall–Kier alpha value is -3.22. The molecule has 0 amide bonds. The van der Waals surface area contributed by atoms with Crippen LogP contribution in [0.3, 0.4) is 0 Å². The monoisotopic (exact) mass is 399 g/mol. The lowest BCUT2D eigenvalue weighted by Crippen LogP contribution is -2.09. The summed E-state index contributed by atoms with van der Waals surface area (Å²) in [6.07, 6.45) is -1.83. The Morgan fingerprint density at radius 2 is 1.79 bits per heavy atom. The molecule has 0 unspecified atom stereocenters. The fraction of sp³-hybridized carbons (Fsp3) is 0.227. The van der Waals surface area contributed by atoms with Crippen LogP contribution in [0.25, 0.3) is 11.0 Å². The first kappa shape index (κ1) is 19.1. The molecule has 0 saturated heterocycles. The average molecular weight is 399 g/mol. The second kappa shape index (κ2) is 7.66. The lowest BCUT2D eigenvalue weighted by molar-refractivity contribution is -0.137. The molecule has 0 atom stereocenters. The van der Waals surface area contributed by atoms with Gasteiger partial charge in [-0.1, -0.05) is 25.1 Å². The lowest BCUT2D eigenvalue weighted by Gasteiger charge is -2.12. The van der Waals surface area contributed by atoms with Crippen molar-refractivity contribution in [1.82, 2.24) is 9.55 Å².